The molecule has 0 saturated carbocycles. The topological polar surface area (TPSA) is 220 Å². The minimum atomic E-state index is 0.553. The van der Waals surface area contributed by atoms with Crippen LogP contribution in [0.4, 0.5) is 0 Å². The molecule has 0 aliphatic heterocycles. The summed E-state index contributed by atoms with van der Waals surface area (Å²) in [5.74, 6) is 3.56. The molecule has 23 heteroatoms. The second-order valence-corrected chi connectivity index (χ2v) is 31.2. The smallest absolute Gasteiger partial charge is 0.134 e. The van der Waals surface area contributed by atoms with E-state index in [1.54, 1.807) is 155 Å². The highest BCUT2D eigenvalue weighted by Crippen LogP contribution is 2.43. The molecule has 15 rings (SSSR count). The summed E-state index contributed by atoms with van der Waals surface area (Å²) in [5.41, 5.74) is 16.3. The Morgan fingerprint density at radius 3 is 0.853 bits per heavy atom. The Morgan fingerprint density at radius 2 is 0.522 bits per heavy atom. The van der Waals surface area contributed by atoms with Gasteiger partial charge in [-0.2, -0.15) is 0 Å². The fraction of sp³-hybridized carbons (Fsp3) is 0.363. The predicted octanol–water partition coefficient (Wildman–Crippen LogP) is 23.2. The molecule has 0 N–H and O–H groups in total. The zero-order valence-electron chi connectivity index (χ0n) is 84.0. The van der Waals surface area contributed by atoms with E-state index in [0.29, 0.717) is 106 Å². The van der Waals surface area contributed by atoms with Gasteiger partial charge in [0.1, 0.15) is 23.0 Å². The number of fused-ring (bicyclic) bond motifs is 4. The van der Waals surface area contributed by atoms with Crippen LogP contribution in [0.1, 0.15) is 84.6 Å². The van der Waals surface area contributed by atoms with Crippen LogP contribution in [0, 0.1) is 13.8 Å². The number of hydrogen-bond acceptors (Lipinski definition) is 23. The molecule has 0 amide bonds. The van der Waals surface area contributed by atoms with Gasteiger partial charge in [-0.25, -0.2) is 0 Å². The van der Waals surface area contributed by atoms with E-state index in [-0.39, 0.29) is 0 Å². The molecular formula is C113H144N2O21. The van der Waals surface area contributed by atoms with Crippen LogP contribution in [0.15, 0.2) is 243 Å². The Labute approximate surface area is 805 Å². The molecule has 23 nitrogen and oxygen atoms in total. The molecule has 0 spiro atoms. The minimum Gasteiger partial charge on any atom is -0.496 e. The first kappa shape index (κ1) is 113. The Kier molecular flexibility index (Phi) is 56.0. The van der Waals surface area contributed by atoms with Crippen LogP contribution < -0.4 is 18.9 Å². The third kappa shape index (κ3) is 38.0. The number of aryl methyl sites for hydroxylation is 2. The van der Waals surface area contributed by atoms with Gasteiger partial charge in [0.05, 0.1) is 146 Å². The molecule has 0 aliphatic rings. The van der Waals surface area contributed by atoms with Crippen LogP contribution in [0.25, 0.3) is 75.4 Å². The van der Waals surface area contributed by atoms with Gasteiger partial charge in [0, 0.05) is 172 Å². The number of nitrogens with zero attached hydrogens (tertiary/aromatic N) is 2. The molecule has 0 fully saturated rings. The van der Waals surface area contributed by atoms with Gasteiger partial charge in [0.2, 0.25) is 0 Å². The molecule has 2 heterocycles. The molecule has 0 radical (unpaired) electrons. The lowest BCUT2D eigenvalue weighted by Crippen LogP contribution is -2.06. The largest absolute Gasteiger partial charge is 0.496 e. The third-order valence-corrected chi connectivity index (χ3v) is 20.7. The van der Waals surface area contributed by atoms with E-state index in [4.69, 9.17) is 99.5 Å². The highest BCUT2D eigenvalue weighted by Gasteiger charge is 2.18. The number of hydrogen-bond donors (Lipinski definition) is 0. The van der Waals surface area contributed by atoms with Crippen molar-refractivity contribution in [3.63, 3.8) is 0 Å². The lowest BCUT2D eigenvalue weighted by molar-refractivity contribution is 0.0385. The summed E-state index contributed by atoms with van der Waals surface area (Å²) in [4.78, 5) is 8.36. The molecule has 0 unspecified atom stereocenters. The van der Waals surface area contributed by atoms with E-state index in [1.807, 2.05) is 103 Å². The highest BCUT2D eigenvalue weighted by molar-refractivity contribution is 6.25. The maximum absolute atomic E-state index is 5.58. The first-order valence-corrected chi connectivity index (χ1v) is 44.8. The van der Waals surface area contributed by atoms with E-state index in [9.17, 15) is 0 Å². The maximum atomic E-state index is 5.58. The van der Waals surface area contributed by atoms with E-state index < -0.39 is 0 Å². The lowest BCUT2D eigenvalue weighted by Gasteiger charge is -2.18. The monoisotopic (exact) mass is 1870 g/mol. The molecule has 2 aromatic heterocycles. The van der Waals surface area contributed by atoms with Crippen LogP contribution in [-0.2, 0) is 160 Å². The summed E-state index contributed by atoms with van der Waals surface area (Å²) < 4.78 is 107. The van der Waals surface area contributed by atoms with Gasteiger partial charge in [0.15, 0.2) is 0 Å². The summed E-state index contributed by atoms with van der Waals surface area (Å²) in [6.07, 6.45) is 4.58. The molecule has 0 bridgehead atoms. The quantitative estimate of drug-likeness (QED) is 0.0199. The maximum Gasteiger partial charge on any atom is 0.134 e. The highest BCUT2D eigenvalue weighted by atomic mass is 16.5. The van der Waals surface area contributed by atoms with Crippen molar-refractivity contribution < 1.29 is 99.5 Å². The van der Waals surface area contributed by atoms with E-state index in [1.165, 1.54) is 98.7 Å². The van der Waals surface area contributed by atoms with Gasteiger partial charge in [-0.05, 0) is 185 Å². The average Bonchev–Trinajstić information content (AvgIpc) is 0.725. The van der Waals surface area contributed by atoms with Crippen molar-refractivity contribution in [2.75, 3.05) is 182 Å². The Morgan fingerprint density at radius 1 is 0.213 bits per heavy atom. The summed E-state index contributed by atoms with van der Waals surface area (Å²) >= 11 is 0. The van der Waals surface area contributed by atoms with Gasteiger partial charge in [-0.15, -0.1) is 0 Å². The number of benzene rings is 13. The number of pyridine rings is 2. The number of rotatable bonds is 38. The zero-order valence-corrected chi connectivity index (χ0v) is 84.0. The van der Waals surface area contributed by atoms with Crippen LogP contribution >= 0.6 is 0 Å². The average molecular weight is 1870 g/mol. The first-order valence-electron chi connectivity index (χ1n) is 44.8. The van der Waals surface area contributed by atoms with Crippen molar-refractivity contribution in [1.82, 2.24) is 9.97 Å². The normalized spacial score (nSPS) is 10.6. The molecule has 732 valence electrons. The van der Waals surface area contributed by atoms with Crippen LogP contribution in [-0.4, -0.2) is 192 Å². The SMILES string of the molecule is COCCCOC.COCCOCCOC.COCc1cc2cc(C)cc3c(COC)cc4cc(C)cc1c4c23.COCc1ccc(COC)cc1.COCc1ccc2cc(COC)ccc2c1.COCc1cccc(COC)c1.COCc1cccc(COC)n1.COCc1cncc(COC)c1.COc1c2ccccc2c(OC)c2ccccc12.COc1ccc(OC)c2ccccc12. The Bertz CT molecular complexity index is 5300. The molecular weight excluding hydrogens is 1720 g/mol. The van der Waals surface area contributed by atoms with Crippen molar-refractivity contribution in [2.45, 2.75) is 99.6 Å². The lowest BCUT2D eigenvalue weighted by atomic mass is 9.87. The number of aromatic nitrogens is 2. The minimum absolute atomic E-state index is 0.553. The second kappa shape index (κ2) is 67.1. The Hall–Kier alpha value is -11.2. The molecule has 136 heavy (non-hydrogen) atoms. The summed E-state index contributed by atoms with van der Waals surface area (Å²) in [5, 5.41) is 16.8. The number of ether oxygens (including phenoxy) is 21. The van der Waals surface area contributed by atoms with Gasteiger partial charge in [-0.1, -0.05) is 176 Å². The van der Waals surface area contributed by atoms with Crippen molar-refractivity contribution in [2.24, 2.45) is 0 Å². The van der Waals surface area contributed by atoms with Crippen molar-refractivity contribution in [1.29, 1.82) is 0 Å². The van der Waals surface area contributed by atoms with E-state index in [0.717, 1.165) is 97.5 Å². The second-order valence-electron chi connectivity index (χ2n) is 31.2. The molecule has 0 saturated heterocycles. The fourth-order valence-electron chi connectivity index (χ4n) is 14.9. The molecule has 0 aliphatic carbocycles. The predicted molar refractivity (Wildman–Crippen MR) is 548 cm³/mol. The zero-order chi connectivity index (χ0) is 98.5. The van der Waals surface area contributed by atoms with E-state index in [2.05, 4.69) is 151 Å². The van der Waals surface area contributed by atoms with Crippen molar-refractivity contribution in [3.05, 3.63) is 321 Å². The molecule has 15 aromatic rings. The molecule has 13 aromatic carbocycles. The fourth-order valence-corrected chi connectivity index (χ4v) is 14.9. The molecule has 0 atom stereocenters. The van der Waals surface area contributed by atoms with Gasteiger partial charge < -0.3 is 99.5 Å². The van der Waals surface area contributed by atoms with Crippen LogP contribution in [0.5, 0.6) is 23.0 Å². The van der Waals surface area contributed by atoms with Gasteiger partial charge >= 0.3 is 0 Å². The standard InChI is InChI=1S/C22H22O2.C16H14O2.C14H16O2.C12H12O2.2C10H14O2.2C9H13NO2.C6H14O3.C5H12O2/c1-13-5-15-9-18(12-24-4)20-8-14(2)6-16-10-17(11-23-3)19(7-13)21(15)22(16)20;1-17-15-11-7-3-5-9-13(11)16(18-2)14-10-6-4-8-12(14)15;1-15-9-11-3-5-14-8-12(10-16-2)4-6-13(14)7-11;1-13-11-7-8-12(14-2)10-6-4-3-5-9(10)11;1-11-7-9-3-5-10(6-4-9)8-12-2;1-11-7-9-4-3-5-10(6-9)8-12-2;1-11-6-8-3-9(7-12-2)5-10-4-8;1-11-6-8-4-3-5-9(10-8)7-12-2;1-7-3-5-9-6-4-8-2;1-6-4-3-5-7-2/h5-10H,11-12H2,1-4H3;3-10H,1-2H3;3-8H,9-10H2,1-2H3;3-8H,1-2H3;2*3-6H,7-8H2,1-2H3;2*3-5H,6-7H2,1-2H3;3-6H2,1-2H3;3-5H2,1-2H3. The summed E-state index contributed by atoms with van der Waals surface area (Å²) in [7, 11) is 33.8. The van der Waals surface area contributed by atoms with Crippen LogP contribution in [0.2, 0.25) is 0 Å². The Balaban J connectivity index is 0.000000236. The van der Waals surface area contributed by atoms with Crippen molar-refractivity contribution >= 4 is 75.4 Å². The first-order chi connectivity index (χ1) is 66.5. The van der Waals surface area contributed by atoms with E-state index >= 15 is 0 Å². The van der Waals surface area contributed by atoms with Crippen molar-refractivity contribution in [3.8, 4) is 23.0 Å². The third-order valence-electron chi connectivity index (χ3n) is 20.7. The number of methoxy groups -OCH3 is 20. The summed E-state index contributed by atoms with van der Waals surface area (Å²) in [6.45, 7) is 16.1. The van der Waals surface area contributed by atoms with Gasteiger partial charge in [-0.3, -0.25) is 9.97 Å². The van der Waals surface area contributed by atoms with Gasteiger partial charge in [0.25, 0.3) is 0 Å². The summed E-state index contributed by atoms with van der Waals surface area (Å²) in [6, 6.07) is 78.9. The van der Waals surface area contributed by atoms with Crippen LogP contribution in [0.3, 0.4) is 0 Å².